The first-order valence-corrected chi connectivity index (χ1v) is 4.29. The zero-order valence-corrected chi connectivity index (χ0v) is 8.61. The summed E-state index contributed by atoms with van der Waals surface area (Å²) in [5.74, 6) is -2.01. The van der Waals surface area contributed by atoms with Gasteiger partial charge in [0.15, 0.2) is 0 Å². The van der Waals surface area contributed by atoms with E-state index >= 15 is 0 Å². The zero-order valence-electron chi connectivity index (χ0n) is 8.61. The van der Waals surface area contributed by atoms with Crippen molar-refractivity contribution >= 4 is 5.97 Å². The van der Waals surface area contributed by atoms with Gasteiger partial charge in [-0.1, -0.05) is 0 Å². The minimum absolute atomic E-state index is 0.358. The summed E-state index contributed by atoms with van der Waals surface area (Å²) in [7, 11) is 1.05. The summed E-state index contributed by atoms with van der Waals surface area (Å²) in [4.78, 5) is 11.2. The summed E-state index contributed by atoms with van der Waals surface area (Å²) in [6, 6.07) is 3.31. The molecule has 1 N–H and O–H groups in total. The van der Waals surface area contributed by atoms with Crippen LogP contribution in [0.25, 0.3) is 0 Å². The number of phenolic OH excluding ortho intramolecular Hbond substituents is 1. The highest BCUT2D eigenvalue weighted by molar-refractivity contribution is 5.93. The monoisotopic (exact) mass is 243 g/mol. The maximum atomic E-state index is 12.0. The van der Waals surface area contributed by atoms with Crippen molar-refractivity contribution < 1.29 is 28.2 Å². The Morgan fingerprint density at radius 2 is 2.18 bits per heavy atom. The first-order chi connectivity index (χ1) is 7.99. The molecular weight excluding hydrogens is 236 g/mol. The van der Waals surface area contributed by atoms with Crippen LogP contribution < -0.4 is 4.74 Å². The lowest BCUT2D eigenvalue weighted by Crippen LogP contribution is -2.06. The van der Waals surface area contributed by atoms with Crippen LogP contribution in [0.15, 0.2) is 12.1 Å². The number of nitriles is 1. The molecule has 0 aliphatic heterocycles. The summed E-state index contributed by atoms with van der Waals surface area (Å²) in [5, 5.41) is 18.1. The molecule has 7 heteroatoms. The highest BCUT2D eigenvalue weighted by Gasteiger charge is 2.18. The molecule has 0 bridgehead atoms. The van der Waals surface area contributed by atoms with Gasteiger partial charge in [0.1, 0.15) is 23.1 Å². The lowest BCUT2D eigenvalue weighted by molar-refractivity contribution is -0.0499. The average Bonchev–Trinajstić information content (AvgIpc) is 2.29. The van der Waals surface area contributed by atoms with E-state index in [0.717, 1.165) is 19.2 Å². The maximum Gasteiger partial charge on any atom is 0.387 e. The van der Waals surface area contributed by atoms with E-state index < -0.39 is 29.6 Å². The molecule has 0 aliphatic carbocycles. The SMILES string of the molecule is COC(=O)c1cc(OC(F)F)cc(C#N)c1O. The highest BCUT2D eigenvalue weighted by Crippen LogP contribution is 2.29. The van der Waals surface area contributed by atoms with Crippen molar-refractivity contribution in [2.24, 2.45) is 0 Å². The van der Waals surface area contributed by atoms with Gasteiger partial charge in [-0.2, -0.15) is 14.0 Å². The van der Waals surface area contributed by atoms with Crippen molar-refractivity contribution in [1.29, 1.82) is 5.26 Å². The maximum absolute atomic E-state index is 12.0. The Bertz CT molecular complexity index is 482. The normalized spacial score (nSPS) is 9.82. The number of carbonyl (C=O) groups is 1. The predicted molar refractivity (Wildman–Crippen MR) is 50.8 cm³/mol. The van der Waals surface area contributed by atoms with E-state index in [-0.39, 0.29) is 5.56 Å². The van der Waals surface area contributed by atoms with E-state index in [1.807, 2.05) is 0 Å². The lowest BCUT2D eigenvalue weighted by Gasteiger charge is -2.09. The minimum atomic E-state index is -3.10. The number of ether oxygens (including phenoxy) is 2. The first-order valence-electron chi connectivity index (χ1n) is 4.29. The fraction of sp³-hybridized carbons (Fsp3) is 0.200. The number of hydrogen-bond acceptors (Lipinski definition) is 5. The van der Waals surface area contributed by atoms with Crippen LogP contribution in [0.5, 0.6) is 11.5 Å². The Labute approximate surface area is 94.8 Å². The molecular formula is C10H7F2NO4. The molecule has 0 aromatic heterocycles. The van der Waals surface area contributed by atoms with Crippen molar-refractivity contribution in [3.8, 4) is 17.6 Å². The Kier molecular flexibility index (Phi) is 3.82. The number of benzene rings is 1. The Morgan fingerprint density at radius 3 is 2.65 bits per heavy atom. The zero-order chi connectivity index (χ0) is 13.0. The molecule has 0 spiro atoms. The van der Waals surface area contributed by atoms with Crippen LogP contribution in [0, 0.1) is 11.3 Å². The average molecular weight is 243 g/mol. The standard InChI is InChI=1S/C10H7F2NO4/c1-16-9(15)7-3-6(17-10(11)12)2-5(4-13)8(7)14/h2-3,10,14H,1H3. The number of alkyl halides is 2. The molecule has 1 aromatic carbocycles. The topological polar surface area (TPSA) is 79.5 Å². The Morgan fingerprint density at radius 1 is 1.53 bits per heavy atom. The van der Waals surface area contributed by atoms with Crippen LogP contribution in [-0.2, 0) is 4.74 Å². The number of methoxy groups -OCH3 is 1. The molecule has 0 aliphatic rings. The Balaban J connectivity index is 3.29. The fourth-order valence-electron chi connectivity index (χ4n) is 1.13. The second-order valence-corrected chi connectivity index (χ2v) is 2.85. The smallest absolute Gasteiger partial charge is 0.387 e. The molecule has 0 radical (unpaired) electrons. The molecule has 0 amide bonds. The second kappa shape index (κ2) is 5.12. The van der Waals surface area contributed by atoms with Gasteiger partial charge in [-0.3, -0.25) is 0 Å². The van der Waals surface area contributed by atoms with Crippen LogP contribution in [0.4, 0.5) is 8.78 Å². The van der Waals surface area contributed by atoms with Gasteiger partial charge in [0.25, 0.3) is 0 Å². The van der Waals surface area contributed by atoms with Gasteiger partial charge in [-0.25, -0.2) is 4.79 Å². The molecule has 1 rings (SSSR count). The van der Waals surface area contributed by atoms with Gasteiger partial charge in [0, 0.05) is 6.07 Å². The molecule has 17 heavy (non-hydrogen) atoms. The molecule has 0 fully saturated rings. The number of esters is 1. The molecule has 0 atom stereocenters. The Hall–Kier alpha value is -2.36. The van der Waals surface area contributed by atoms with Crippen LogP contribution in [0.2, 0.25) is 0 Å². The number of carbonyl (C=O) groups excluding carboxylic acids is 1. The van der Waals surface area contributed by atoms with E-state index in [4.69, 9.17) is 5.26 Å². The molecule has 0 heterocycles. The number of aromatic hydroxyl groups is 1. The van der Waals surface area contributed by atoms with E-state index in [1.54, 1.807) is 6.07 Å². The number of hydrogen-bond donors (Lipinski definition) is 1. The summed E-state index contributed by atoms with van der Waals surface area (Å²) in [5.41, 5.74) is -0.772. The quantitative estimate of drug-likeness (QED) is 0.816. The molecule has 1 aromatic rings. The van der Waals surface area contributed by atoms with Gasteiger partial charge < -0.3 is 14.6 Å². The van der Waals surface area contributed by atoms with E-state index in [0.29, 0.717) is 0 Å². The highest BCUT2D eigenvalue weighted by atomic mass is 19.3. The predicted octanol–water partition coefficient (Wildman–Crippen LogP) is 1.65. The molecule has 0 unspecified atom stereocenters. The van der Waals surface area contributed by atoms with E-state index in [2.05, 4.69) is 9.47 Å². The first kappa shape index (κ1) is 12.7. The third kappa shape index (κ3) is 2.81. The van der Waals surface area contributed by atoms with Crippen molar-refractivity contribution in [2.75, 3.05) is 7.11 Å². The van der Waals surface area contributed by atoms with Gasteiger partial charge >= 0.3 is 12.6 Å². The molecule has 0 saturated carbocycles. The van der Waals surface area contributed by atoms with Crippen molar-refractivity contribution in [1.82, 2.24) is 0 Å². The molecule has 5 nitrogen and oxygen atoms in total. The summed E-state index contributed by atoms with van der Waals surface area (Å²) in [6.45, 7) is -3.10. The molecule has 90 valence electrons. The van der Waals surface area contributed by atoms with Crippen molar-refractivity contribution in [2.45, 2.75) is 6.61 Å². The fourth-order valence-corrected chi connectivity index (χ4v) is 1.13. The van der Waals surface area contributed by atoms with Crippen LogP contribution in [0.1, 0.15) is 15.9 Å². The largest absolute Gasteiger partial charge is 0.506 e. The van der Waals surface area contributed by atoms with Crippen LogP contribution >= 0.6 is 0 Å². The third-order valence-electron chi connectivity index (χ3n) is 1.83. The van der Waals surface area contributed by atoms with Crippen LogP contribution in [-0.4, -0.2) is 24.8 Å². The third-order valence-corrected chi connectivity index (χ3v) is 1.83. The van der Waals surface area contributed by atoms with Gasteiger partial charge in [-0.05, 0) is 6.07 Å². The minimum Gasteiger partial charge on any atom is -0.506 e. The van der Waals surface area contributed by atoms with Crippen LogP contribution in [0.3, 0.4) is 0 Å². The number of phenols is 1. The van der Waals surface area contributed by atoms with E-state index in [9.17, 15) is 18.7 Å². The number of rotatable bonds is 3. The summed E-state index contributed by atoms with van der Waals surface area (Å²) in [6.07, 6.45) is 0. The van der Waals surface area contributed by atoms with Gasteiger partial charge in [0.2, 0.25) is 0 Å². The van der Waals surface area contributed by atoms with Gasteiger partial charge in [0.05, 0.1) is 12.7 Å². The van der Waals surface area contributed by atoms with E-state index in [1.165, 1.54) is 0 Å². The van der Waals surface area contributed by atoms with Crippen molar-refractivity contribution in [3.63, 3.8) is 0 Å². The van der Waals surface area contributed by atoms with Gasteiger partial charge in [-0.15, -0.1) is 0 Å². The number of nitrogens with zero attached hydrogens (tertiary/aromatic N) is 1. The summed E-state index contributed by atoms with van der Waals surface area (Å²) >= 11 is 0. The molecule has 0 saturated heterocycles. The van der Waals surface area contributed by atoms with Crippen molar-refractivity contribution in [3.05, 3.63) is 23.3 Å². The lowest BCUT2D eigenvalue weighted by atomic mass is 10.1. The summed E-state index contributed by atoms with van der Waals surface area (Å²) < 4.78 is 32.3. The number of halogens is 2. The second-order valence-electron chi connectivity index (χ2n) is 2.85.